The van der Waals surface area contributed by atoms with Gasteiger partial charge in [0.25, 0.3) is 5.91 Å². The van der Waals surface area contributed by atoms with E-state index >= 15 is 0 Å². The number of benzene rings is 3. The fraction of sp³-hybridized carbons (Fsp3) is 0.172. The first-order valence-electron chi connectivity index (χ1n) is 12.3. The first kappa shape index (κ1) is 29.4. The van der Waals surface area contributed by atoms with Gasteiger partial charge >= 0.3 is 11.9 Å². The second kappa shape index (κ2) is 12.7. The maximum absolute atomic E-state index is 14.4. The zero-order chi connectivity index (χ0) is 29.7. The molecular formula is C29H24ClF2N3O6. The Morgan fingerprint density at radius 1 is 0.951 bits per heavy atom. The van der Waals surface area contributed by atoms with Crippen molar-refractivity contribution in [3.63, 3.8) is 0 Å². The number of aromatic carboxylic acids is 1. The maximum atomic E-state index is 14.4. The number of nitrogens with one attached hydrogen (secondary N) is 1. The lowest BCUT2D eigenvalue weighted by Gasteiger charge is -2.20. The third kappa shape index (κ3) is 7.13. The van der Waals surface area contributed by atoms with Crippen molar-refractivity contribution in [3.8, 4) is 11.1 Å². The van der Waals surface area contributed by atoms with E-state index in [0.29, 0.717) is 0 Å². The molecule has 1 amide bonds. The van der Waals surface area contributed by atoms with Gasteiger partial charge in [-0.25, -0.2) is 18.4 Å². The number of amides is 1. The molecule has 41 heavy (non-hydrogen) atoms. The number of carbonyl (C=O) groups is 3. The lowest BCUT2D eigenvalue weighted by Crippen LogP contribution is -2.40. The van der Waals surface area contributed by atoms with Crippen molar-refractivity contribution in [1.29, 1.82) is 0 Å². The monoisotopic (exact) mass is 583 g/mol. The van der Waals surface area contributed by atoms with Gasteiger partial charge in [0.2, 0.25) is 0 Å². The molecule has 0 aliphatic heterocycles. The van der Waals surface area contributed by atoms with Crippen LogP contribution in [0.3, 0.4) is 0 Å². The Morgan fingerprint density at radius 2 is 1.61 bits per heavy atom. The quantitative estimate of drug-likeness (QED) is 0.192. The van der Waals surface area contributed by atoms with E-state index in [1.54, 1.807) is 12.1 Å². The zero-order valence-electron chi connectivity index (χ0n) is 21.3. The predicted molar refractivity (Wildman–Crippen MR) is 145 cm³/mol. The molecular weight excluding hydrogens is 560 g/mol. The molecule has 1 heterocycles. The van der Waals surface area contributed by atoms with Crippen LogP contribution in [0.1, 0.15) is 38.5 Å². The summed E-state index contributed by atoms with van der Waals surface area (Å²) >= 11 is 5.72. The third-order valence-electron chi connectivity index (χ3n) is 6.35. The van der Waals surface area contributed by atoms with Crippen LogP contribution in [0.15, 0.2) is 72.8 Å². The molecule has 2 atom stereocenters. The molecule has 1 aromatic heterocycles. The van der Waals surface area contributed by atoms with Crippen molar-refractivity contribution < 1.29 is 38.5 Å². The second-order valence-electron chi connectivity index (χ2n) is 9.23. The number of aromatic nitrogens is 2. The molecule has 2 unspecified atom stereocenters. The van der Waals surface area contributed by atoms with Crippen LogP contribution in [-0.2, 0) is 17.8 Å². The van der Waals surface area contributed by atoms with Crippen LogP contribution in [-0.4, -0.2) is 55.1 Å². The Labute approximate surface area is 237 Å². The summed E-state index contributed by atoms with van der Waals surface area (Å²) in [7, 11) is 0. The average molecular weight is 584 g/mol. The van der Waals surface area contributed by atoms with Crippen molar-refractivity contribution in [1.82, 2.24) is 15.1 Å². The number of aliphatic hydroxyl groups excluding tert-OH is 1. The Balaban J connectivity index is 1.56. The smallest absolute Gasteiger partial charge is 0.354 e. The highest BCUT2D eigenvalue weighted by atomic mass is 35.5. The minimum Gasteiger partial charge on any atom is -0.479 e. The number of rotatable bonds is 11. The number of hydrogen-bond acceptors (Lipinski definition) is 5. The Kier molecular flexibility index (Phi) is 9.10. The zero-order valence-corrected chi connectivity index (χ0v) is 22.1. The standard InChI is InChI=1S/C29H24ClF2N3O6/c30-21-10-11-22(31)20(26(21)32)15-35-24(28(38)39)14-23(34-35)27(37)33-19(13-25(36)29(40)41)12-16-6-8-18(9-7-16)17-4-2-1-3-5-17/h1-11,14,19,25,36H,12-13,15H2,(H,33,37)(H,38,39)(H,40,41). The molecule has 0 saturated heterocycles. The minimum atomic E-state index is -1.79. The van der Waals surface area contributed by atoms with Crippen molar-refractivity contribution in [3.05, 3.63) is 112 Å². The van der Waals surface area contributed by atoms with Crippen LogP contribution < -0.4 is 5.32 Å². The van der Waals surface area contributed by atoms with E-state index in [9.17, 15) is 38.5 Å². The molecule has 0 spiro atoms. The summed E-state index contributed by atoms with van der Waals surface area (Å²) in [5.41, 5.74) is 1.21. The summed E-state index contributed by atoms with van der Waals surface area (Å²) in [6.07, 6.45) is -2.01. The highest BCUT2D eigenvalue weighted by Gasteiger charge is 2.26. The number of carboxylic acids is 2. The van der Waals surface area contributed by atoms with Crippen LogP contribution in [0.2, 0.25) is 5.02 Å². The van der Waals surface area contributed by atoms with E-state index in [0.717, 1.165) is 39.6 Å². The van der Waals surface area contributed by atoms with E-state index in [2.05, 4.69) is 10.4 Å². The van der Waals surface area contributed by atoms with Crippen molar-refractivity contribution >= 4 is 29.4 Å². The molecule has 4 rings (SSSR count). The van der Waals surface area contributed by atoms with Gasteiger partial charge in [0, 0.05) is 24.1 Å². The van der Waals surface area contributed by atoms with Gasteiger partial charge in [-0.05, 0) is 35.2 Å². The number of aliphatic carboxylic acids is 1. The highest BCUT2D eigenvalue weighted by molar-refractivity contribution is 6.30. The number of carboxylic acid groups (broad SMARTS) is 2. The van der Waals surface area contributed by atoms with Gasteiger partial charge in [0.1, 0.15) is 17.3 Å². The summed E-state index contributed by atoms with van der Waals surface area (Å²) in [5, 5.41) is 34.9. The first-order valence-corrected chi connectivity index (χ1v) is 12.7. The van der Waals surface area contributed by atoms with E-state index < -0.39 is 59.4 Å². The van der Waals surface area contributed by atoms with Crippen LogP contribution >= 0.6 is 11.6 Å². The Morgan fingerprint density at radius 3 is 2.24 bits per heavy atom. The lowest BCUT2D eigenvalue weighted by atomic mass is 9.97. The molecule has 0 saturated carbocycles. The second-order valence-corrected chi connectivity index (χ2v) is 9.63. The molecule has 0 fully saturated rings. The van der Waals surface area contributed by atoms with E-state index in [1.165, 1.54) is 0 Å². The fourth-order valence-electron chi connectivity index (χ4n) is 4.26. The predicted octanol–water partition coefficient (Wildman–Crippen LogP) is 4.40. The van der Waals surface area contributed by atoms with Crippen molar-refractivity contribution in [2.75, 3.05) is 0 Å². The number of carbonyl (C=O) groups excluding carboxylic acids is 1. The van der Waals surface area contributed by atoms with E-state index in [1.807, 2.05) is 42.5 Å². The Bertz CT molecular complexity index is 1580. The summed E-state index contributed by atoms with van der Waals surface area (Å²) in [6.45, 7) is -0.665. The van der Waals surface area contributed by atoms with Crippen LogP contribution in [0.4, 0.5) is 8.78 Å². The van der Waals surface area contributed by atoms with Crippen LogP contribution in [0.25, 0.3) is 11.1 Å². The summed E-state index contributed by atoms with van der Waals surface area (Å²) in [4.78, 5) is 36.2. The normalized spacial score (nSPS) is 12.5. The number of nitrogens with zero attached hydrogens (tertiary/aromatic N) is 2. The summed E-state index contributed by atoms with van der Waals surface area (Å²) in [5.74, 6) is -5.93. The minimum absolute atomic E-state index is 0.135. The summed E-state index contributed by atoms with van der Waals surface area (Å²) in [6, 6.07) is 18.9. The van der Waals surface area contributed by atoms with Gasteiger partial charge in [0.15, 0.2) is 11.8 Å². The summed E-state index contributed by atoms with van der Waals surface area (Å²) < 4.78 is 29.4. The molecule has 0 radical (unpaired) electrons. The van der Waals surface area contributed by atoms with Crippen molar-refractivity contribution in [2.45, 2.75) is 31.5 Å². The lowest BCUT2D eigenvalue weighted by molar-refractivity contribution is -0.147. The van der Waals surface area contributed by atoms with Crippen molar-refractivity contribution in [2.24, 2.45) is 0 Å². The van der Waals surface area contributed by atoms with Gasteiger partial charge in [-0.2, -0.15) is 5.10 Å². The molecule has 3 aromatic carbocycles. The first-order chi connectivity index (χ1) is 19.5. The fourth-order valence-corrected chi connectivity index (χ4v) is 4.43. The Hall–Kier alpha value is -4.61. The molecule has 12 heteroatoms. The molecule has 212 valence electrons. The molecule has 4 N–H and O–H groups in total. The van der Waals surface area contributed by atoms with Gasteiger partial charge in [-0.15, -0.1) is 0 Å². The third-order valence-corrected chi connectivity index (χ3v) is 6.64. The van der Waals surface area contributed by atoms with Crippen LogP contribution in [0.5, 0.6) is 0 Å². The number of halogens is 3. The van der Waals surface area contributed by atoms with E-state index in [4.69, 9.17) is 11.6 Å². The van der Waals surface area contributed by atoms with Gasteiger partial charge in [0.05, 0.1) is 11.6 Å². The average Bonchev–Trinajstić information content (AvgIpc) is 3.38. The van der Waals surface area contributed by atoms with Gasteiger partial charge in [-0.1, -0.05) is 66.2 Å². The number of hydrogen-bond donors (Lipinski definition) is 4. The molecule has 9 nitrogen and oxygen atoms in total. The largest absolute Gasteiger partial charge is 0.479 e. The highest BCUT2D eigenvalue weighted by Crippen LogP contribution is 2.23. The van der Waals surface area contributed by atoms with Crippen LogP contribution in [0, 0.1) is 11.6 Å². The topological polar surface area (TPSA) is 142 Å². The van der Waals surface area contributed by atoms with Gasteiger partial charge in [-0.3, -0.25) is 9.48 Å². The molecule has 0 aliphatic carbocycles. The SMILES string of the molecule is O=C(NC(Cc1ccc(-c2ccccc2)cc1)CC(O)C(=O)O)c1cc(C(=O)O)n(Cc2c(F)ccc(Cl)c2F)n1. The molecule has 0 aliphatic rings. The van der Waals surface area contributed by atoms with Gasteiger partial charge < -0.3 is 20.6 Å². The molecule has 4 aromatic rings. The molecule has 0 bridgehead atoms. The van der Waals surface area contributed by atoms with E-state index in [-0.39, 0.29) is 23.6 Å². The number of aliphatic hydroxyl groups is 1. The maximum Gasteiger partial charge on any atom is 0.354 e.